The Morgan fingerprint density at radius 2 is 1.90 bits per heavy atom. The molecule has 20 heavy (non-hydrogen) atoms. The van der Waals surface area contributed by atoms with Crippen molar-refractivity contribution in [2.24, 2.45) is 0 Å². The minimum Gasteiger partial charge on any atom is -0.316 e. The normalized spacial score (nSPS) is 21.2. The molecule has 1 nitrogen and oxygen atoms in total. The number of allylic oxidation sites excluding steroid dienone is 3. The fourth-order valence-electron chi connectivity index (χ4n) is 2.87. The summed E-state index contributed by atoms with van der Waals surface area (Å²) in [4.78, 5) is 0. The molecule has 2 rings (SSSR count). The van der Waals surface area contributed by atoms with Crippen molar-refractivity contribution in [3.63, 3.8) is 0 Å². The van der Waals surface area contributed by atoms with Crippen LogP contribution in [0, 0.1) is 0 Å². The lowest BCUT2D eigenvalue weighted by molar-refractivity contribution is 0.470. The van der Waals surface area contributed by atoms with Crippen LogP contribution in [0.2, 0.25) is 0 Å². The van der Waals surface area contributed by atoms with Crippen molar-refractivity contribution in [1.29, 1.82) is 0 Å². The molecule has 0 aliphatic heterocycles. The summed E-state index contributed by atoms with van der Waals surface area (Å²) in [5.74, 6) is 0. The second-order valence-electron chi connectivity index (χ2n) is 5.75. The molecule has 0 spiro atoms. The van der Waals surface area contributed by atoms with E-state index in [1.54, 1.807) is 0 Å². The van der Waals surface area contributed by atoms with E-state index in [4.69, 9.17) is 0 Å². The van der Waals surface area contributed by atoms with Gasteiger partial charge in [-0.25, -0.2) is 0 Å². The molecule has 1 heteroatoms. The molecule has 0 bridgehead atoms. The SMILES string of the molecule is CCCCCCNCC1(c2ccccc2)C=CC=CC1. The number of hydrogen-bond donors (Lipinski definition) is 1. The smallest absolute Gasteiger partial charge is 0.0294 e. The monoisotopic (exact) mass is 269 g/mol. The molecule has 0 saturated carbocycles. The van der Waals surface area contributed by atoms with E-state index in [2.05, 4.69) is 66.9 Å². The Morgan fingerprint density at radius 1 is 1.05 bits per heavy atom. The zero-order valence-electron chi connectivity index (χ0n) is 12.6. The van der Waals surface area contributed by atoms with Gasteiger partial charge in [0.05, 0.1) is 0 Å². The zero-order chi connectivity index (χ0) is 14.1. The molecule has 0 radical (unpaired) electrons. The highest BCUT2D eigenvalue weighted by Gasteiger charge is 2.28. The number of unbranched alkanes of at least 4 members (excludes halogenated alkanes) is 3. The summed E-state index contributed by atoms with van der Waals surface area (Å²) in [6.07, 6.45) is 15.4. The molecule has 1 aromatic rings. The first-order valence-electron chi connectivity index (χ1n) is 7.98. The number of rotatable bonds is 8. The van der Waals surface area contributed by atoms with Gasteiger partial charge in [0.15, 0.2) is 0 Å². The molecular formula is C19H27N. The van der Waals surface area contributed by atoms with Crippen molar-refractivity contribution in [3.05, 3.63) is 60.2 Å². The second-order valence-corrected chi connectivity index (χ2v) is 5.75. The van der Waals surface area contributed by atoms with Crippen LogP contribution in [0.1, 0.15) is 44.6 Å². The number of hydrogen-bond acceptors (Lipinski definition) is 1. The first kappa shape index (κ1) is 15.1. The van der Waals surface area contributed by atoms with Crippen LogP contribution >= 0.6 is 0 Å². The fraction of sp³-hybridized carbons (Fsp3) is 0.474. The van der Waals surface area contributed by atoms with Crippen molar-refractivity contribution >= 4 is 0 Å². The van der Waals surface area contributed by atoms with Crippen LogP contribution in [0.5, 0.6) is 0 Å². The van der Waals surface area contributed by atoms with Crippen LogP contribution < -0.4 is 5.32 Å². The molecule has 1 atom stereocenters. The Labute approximate surface area is 123 Å². The van der Waals surface area contributed by atoms with E-state index in [1.165, 1.54) is 31.2 Å². The van der Waals surface area contributed by atoms with Gasteiger partial charge in [-0.05, 0) is 24.9 Å². The van der Waals surface area contributed by atoms with Crippen molar-refractivity contribution in [2.75, 3.05) is 13.1 Å². The van der Waals surface area contributed by atoms with Crippen molar-refractivity contribution < 1.29 is 0 Å². The summed E-state index contributed by atoms with van der Waals surface area (Å²) in [5, 5.41) is 3.67. The van der Waals surface area contributed by atoms with Gasteiger partial charge in [-0.3, -0.25) is 0 Å². The first-order valence-corrected chi connectivity index (χ1v) is 7.98. The number of benzene rings is 1. The predicted molar refractivity (Wildman–Crippen MR) is 88.0 cm³/mol. The minimum atomic E-state index is 0.140. The molecular weight excluding hydrogens is 242 g/mol. The zero-order valence-corrected chi connectivity index (χ0v) is 12.6. The van der Waals surface area contributed by atoms with E-state index in [0.29, 0.717) is 0 Å². The van der Waals surface area contributed by atoms with Crippen LogP contribution in [0.25, 0.3) is 0 Å². The maximum Gasteiger partial charge on any atom is 0.0294 e. The Kier molecular flexibility index (Phi) is 6.07. The molecule has 1 aromatic carbocycles. The van der Waals surface area contributed by atoms with Gasteiger partial charge >= 0.3 is 0 Å². The molecule has 0 amide bonds. The van der Waals surface area contributed by atoms with Gasteiger partial charge < -0.3 is 5.32 Å². The van der Waals surface area contributed by atoms with Gasteiger partial charge in [-0.1, -0.05) is 80.8 Å². The van der Waals surface area contributed by atoms with Crippen LogP contribution in [0.15, 0.2) is 54.6 Å². The maximum atomic E-state index is 3.67. The third-order valence-corrected chi connectivity index (χ3v) is 4.14. The Hall–Kier alpha value is -1.34. The van der Waals surface area contributed by atoms with Crippen molar-refractivity contribution in [2.45, 2.75) is 44.4 Å². The summed E-state index contributed by atoms with van der Waals surface area (Å²) in [5.41, 5.74) is 1.56. The molecule has 0 aromatic heterocycles. The molecule has 0 heterocycles. The summed E-state index contributed by atoms with van der Waals surface area (Å²) in [7, 11) is 0. The van der Waals surface area contributed by atoms with Crippen molar-refractivity contribution in [3.8, 4) is 0 Å². The standard InChI is InChI=1S/C19H27N/c1-2-3-4-11-16-20-17-19(14-9-6-10-15-19)18-12-7-5-8-13-18/h5-10,12-14,20H,2-4,11,15-17H2,1H3. The summed E-state index contributed by atoms with van der Waals surface area (Å²) < 4.78 is 0. The van der Waals surface area contributed by atoms with Crippen LogP contribution in [-0.4, -0.2) is 13.1 Å². The highest BCUT2D eigenvalue weighted by Crippen LogP contribution is 2.31. The summed E-state index contributed by atoms with van der Waals surface area (Å²) in [6, 6.07) is 10.9. The lowest BCUT2D eigenvalue weighted by atomic mass is 9.75. The molecule has 1 aliphatic carbocycles. The van der Waals surface area contributed by atoms with Gasteiger partial charge in [0.25, 0.3) is 0 Å². The molecule has 1 aliphatic rings. The first-order chi connectivity index (χ1) is 9.87. The van der Waals surface area contributed by atoms with Crippen LogP contribution in [-0.2, 0) is 5.41 Å². The molecule has 0 saturated heterocycles. The molecule has 0 fully saturated rings. The molecule has 1 unspecified atom stereocenters. The fourth-order valence-corrected chi connectivity index (χ4v) is 2.87. The topological polar surface area (TPSA) is 12.0 Å². The predicted octanol–water partition coefficient (Wildman–Crippen LogP) is 4.61. The third-order valence-electron chi connectivity index (χ3n) is 4.14. The molecule has 108 valence electrons. The largest absolute Gasteiger partial charge is 0.316 e. The molecule has 1 N–H and O–H groups in total. The average Bonchev–Trinajstić information content (AvgIpc) is 2.52. The van der Waals surface area contributed by atoms with Crippen LogP contribution in [0.4, 0.5) is 0 Å². The van der Waals surface area contributed by atoms with Gasteiger partial charge in [0.1, 0.15) is 0 Å². The van der Waals surface area contributed by atoms with Crippen molar-refractivity contribution in [1.82, 2.24) is 5.32 Å². The quantitative estimate of drug-likeness (QED) is 0.680. The average molecular weight is 269 g/mol. The third kappa shape index (κ3) is 4.08. The number of nitrogens with one attached hydrogen (secondary N) is 1. The van der Waals surface area contributed by atoms with E-state index in [-0.39, 0.29) is 5.41 Å². The second kappa shape index (κ2) is 8.06. The highest BCUT2D eigenvalue weighted by molar-refractivity contribution is 5.36. The van der Waals surface area contributed by atoms with Gasteiger partial charge in [0, 0.05) is 12.0 Å². The van der Waals surface area contributed by atoms with E-state index in [9.17, 15) is 0 Å². The Balaban J connectivity index is 1.92. The van der Waals surface area contributed by atoms with Gasteiger partial charge in [0.2, 0.25) is 0 Å². The maximum absolute atomic E-state index is 3.67. The Bertz CT molecular complexity index is 432. The summed E-state index contributed by atoms with van der Waals surface area (Å²) in [6.45, 7) is 4.42. The van der Waals surface area contributed by atoms with E-state index < -0.39 is 0 Å². The highest BCUT2D eigenvalue weighted by atomic mass is 14.9. The lowest BCUT2D eigenvalue weighted by Crippen LogP contribution is -2.37. The van der Waals surface area contributed by atoms with E-state index in [1.807, 2.05) is 0 Å². The van der Waals surface area contributed by atoms with E-state index in [0.717, 1.165) is 19.5 Å². The lowest BCUT2D eigenvalue weighted by Gasteiger charge is -2.32. The van der Waals surface area contributed by atoms with Gasteiger partial charge in [-0.2, -0.15) is 0 Å². The Morgan fingerprint density at radius 3 is 2.60 bits per heavy atom. The van der Waals surface area contributed by atoms with Crippen LogP contribution in [0.3, 0.4) is 0 Å². The van der Waals surface area contributed by atoms with Gasteiger partial charge in [-0.15, -0.1) is 0 Å². The minimum absolute atomic E-state index is 0.140. The van der Waals surface area contributed by atoms with E-state index >= 15 is 0 Å². The summed E-state index contributed by atoms with van der Waals surface area (Å²) >= 11 is 0.